The van der Waals surface area contributed by atoms with Crippen LogP contribution in [0.3, 0.4) is 0 Å². The highest BCUT2D eigenvalue weighted by Gasteiger charge is 2.45. The fraction of sp³-hybridized carbons (Fsp3) is 0.250. The van der Waals surface area contributed by atoms with E-state index in [1.165, 1.54) is 26.1 Å². The summed E-state index contributed by atoms with van der Waals surface area (Å²) in [5.74, 6) is -6.91. The van der Waals surface area contributed by atoms with Crippen LogP contribution < -0.4 is 10.9 Å². The van der Waals surface area contributed by atoms with Gasteiger partial charge in [-0.05, 0) is 38.5 Å². The van der Waals surface area contributed by atoms with E-state index in [4.69, 9.17) is 5.26 Å². The maximum atomic E-state index is 15.0. The number of aromatic nitrogens is 3. The largest absolute Gasteiger partial charge is 0.355 e. The van der Waals surface area contributed by atoms with Crippen molar-refractivity contribution in [3.63, 3.8) is 0 Å². The Kier molecular flexibility index (Phi) is 5.31. The average molecular weight is 415 g/mol. The number of aryl methyl sites for hydroxylation is 2. The molecule has 0 spiro atoms. The number of rotatable bonds is 4. The Morgan fingerprint density at radius 1 is 1.33 bits per heavy atom. The Morgan fingerprint density at radius 2 is 2.03 bits per heavy atom. The van der Waals surface area contributed by atoms with Gasteiger partial charge in [0.1, 0.15) is 11.9 Å². The molecule has 0 fully saturated rings. The summed E-state index contributed by atoms with van der Waals surface area (Å²) in [6, 6.07) is 2.82. The van der Waals surface area contributed by atoms with E-state index in [1.54, 1.807) is 13.0 Å². The third-order valence-electron chi connectivity index (χ3n) is 4.72. The number of H-pyrrole nitrogens is 1. The standard InChI is InChI=1S/C20H16F3N5O2/c1-9-15-10(2)25-5-4-14(15)28-18(29)16(9)20(22,23)19(30)27-11(3)17-13(21)6-12(7-24)8-26-17/h4-6,8,11H,1-3H3,(H,27,30)(H,28,29). The molecule has 0 radical (unpaired) electrons. The van der Waals surface area contributed by atoms with Gasteiger partial charge in [-0.3, -0.25) is 19.6 Å². The van der Waals surface area contributed by atoms with Crippen LogP contribution in [0, 0.1) is 31.0 Å². The molecule has 3 aromatic heterocycles. The number of nitrogens with zero attached hydrogens (tertiary/aromatic N) is 3. The normalized spacial score (nSPS) is 12.4. The second-order valence-electron chi connectivity index (χ2n) is 6.75. The highest BCUT2D eigenvalue weighted by atomic mass is 19.3. The van der Waals surface area contributed by atoms with Crippen molar-refractivity contribution in [2.24, 2.45) is 0 Å². The number of pyridine rings is 3. The first-order valence-electron chi connectivity index (χ1n) is 8.81. The van der Waals surface area contributed by atoms with Gasteiger partial charge in [0.05, 0.1) is 28.4 Å². The van der Waals surface area contributed by atoms with E-state index in [-0.39, 0.29) is 16.8 Å². The highest BCUT2D eigenvalue weighted by Crippen LogP contribution is 2.32. The Labute approximate surface area is 168 Å². The van der Waals surface area contributed by atoms with Crippen LogP contribution in [0.15, 0.2) is 29.3 Å². The summed E-state index contributed by atoms with van der Waals surface area (Å²) in [6.45, 7) is 4.17. The first-order valence-corrected chi connectivity index (χ1v) is 8.81. The molecule has 1 unspecified atom stereocenters. The molecule has 0 aliphatic heterocycles. The van der Waals surface area contributed by atoms with Gasteiger partial charge in [-0.25, -0.2) is 4.39 Å². The summed E-state index contributed by atoms with van der Waals surface area (Å²) in [5, 5.41) is 11.1. The van der Waals surface area contributed by atoms with Gasteiger partial charge < -0.3 is 10.3 Å². The number of hydrogen-bond acceptors (Lipinski definition) is 5. The number of nitriles is 1. The van der Waals surface area contributed by atoms with Crippen LogP contribution in [-0.2, 0) is 10.7 Å². The molecule has 154 valence electrons. The molecule has 1 amide bonds. The molecule has 7 nitrogen and oxygen atoms in total. The predicted molar refractivity (Wildman–Crippen MR) is 101 cm³/mol. The van der Waals surface area contributed by atoms with Crippen molar-refractivity contribution in [1.82, 2.24) is 20.3 Å². The van der Waals surface area contributed by atoms with Crippen LogP contribution in [-0.4, -0.2) is 20.9 Å². The van der Waals surface area contributed by atoms with Crippen molar-refractivity contribution in [3.8, 4) is 6.07 Å². The van der Waals surface area contributed by atoms with Crippen molar-refractivity contribution < 1.29 is 18.0 Å². The predicted octanol–water partition coefficient (Wildman–Crippen LogP) is 2.91. The molecule has 3 heterocycles. The molecule has 3 aromatic rings. The van der Waals surface area contributed by atoms with E-state index in [2.05, 4.69) is 15.0 Å². The number of amides is 1. The Morgan fingerprint density at radius 3 is 2.67 bits per heavy atom. The number of hydrogen-bond donors (Lipinski definition) is 2. The minimum atomic E-state index is -4.20. The van der Waals surface area contributed by atoms with Gasteiger partial charge in [-0.1, -0.05) is 0 Å². The fourth-order valence-electron chi connectivity index (χ4n) is 3.30. The summed E-state index contributed by atoms with van der Waals surface area (Å²) in [4.78, 5) is 34.8. The zero-order chi connectivity index (χ0) is 22.2. The third kappa shape index (κ3) is 3.50. The first-order chi connectivity index (χ1) is 14.1. The van der Waals surface area contributed by atoms with Gasteiger partial charge in [-0.15, -0.1) is 0 Å². The molecule has 0 aromatic carbocycles. The van der Waals surface area contributed by atoms with Crippen LogP contribution in [0.25, 0.3) is 10.9 Å². The molecule has 0 saturated heterocycles. The molecular weight excluding hydrogens is 399 g/mol. The average Bonchev–Trinajstić information content (AvgIpc) is 2.67. The maximum Gasteiger partial charge on any atom is 0.355 e. The number of fused-ring (bicyclic) bond motifs is 1. The van der Waals surface area contributed by atoms with Crippen molar-refractivity contribution >= 4 is 16.8 Å². The molecular formula is C20H16F3N5O2. The van der Waals surface area contributed by atoms with E-state index in [0.717, 1.165) is 12.3 Å². The molecule has 2 N–H and O–H groups in total. The number of halogens is 3. The van der Waals surface area contributed by atoms with Crippen LogP contribution in [0.2, 0.25) is 0 Å². The van der Waals surface area contributed by atoms with Crippen molar-refractivity contribution in [3.05, 3.63) is 68.8 Å². The monoisotopic (exact) mass is 415 g/mol. The molecule has 1 atom stereocenters. The summed E-state index contributed by atoms with van der Waals surface area (Å²) in [6.07, 6.45) is 2.49. The van der Waals surface area contributed by atoms with E-state index in [9.17, 15) is 14.0 Å². The third-order valence-corrected chi connectivity index (χ3v) is 4.72. The molecule has 0 saturated carbocycles. The van der Waals surface area contributed by atoms with Gasteiger partial charge >= 0.3 is 5.92 Å². The Balaban J connectivity index is 1.99. The van der Waals surface area contributed by atoms with Crippen LogP contribution in [0.4, 0.5) is 13.2 Å². The van der Waals surface area contributed by atoms with Gasteiger partial charge in [0.2, 0.25) is 0 Å². The lowest BCUT2D eigenvalue weighted by atomic mass is 9.98. The highest BCUT2D eigenvalue weighted by molar-refractivity contribution is 5.90. The van der Waals surface area contributed by atoms with Crippen molar-refractivity contribution in [1.29, 1.82) is 5.26 Å². The topological polar surface area (TPSA) is 112 Å². The first kappa shape index (κ1) is 21.0. The van der Waals surface area contributed by atoms with E-state index in [1.807, 2.05) is 5.32 Å². The molecule has 3 rings (SSSR count). The van der Waals surface area contributed by atoms with E-state index in [0.29, 0.717) is 16.6 Å². The van der Waals surface area contributed by atoms with Gasteiger partial charge in [-0.2, -0.15) is 14.0 Å². The number of alkyl halides is 2. The van der Waals surface area contributed by atoms with Crippen LogP contribution in [0.5, 0.6) is 0 Å². The molecule has 0 aliphatic carbocycles. The summed E-state index contributed by atoms with van der Waals surface area (Å²) in [5.41, 5.74) is -1.83. The molecule has 30 heavy (non-hydrogen) atoms. The maximum absolute atomic E-state index is 15.0. The molecule has 0 aliphatic rings. The van der Waals surface area contributed by atoms with Gasteiger partial charge in [0.15, 0.2) is 0 Å². The quantitative estimate of drug-likeness (QED) is 0.681. The molecule has 10 heteroatoms. The summed E-state index contributed by atoms with van der Waals surface area (Å²) in [7, 11) is 0. The van der Waals surface area contributed by atoms with Crippen molar-refractivity contribution in [2.45, 2.75) is 32.7 Å². The van der Waals surface area contributed by atoms with Crippen molar-refractivity contribution in [2.75, 3.05) is 0 Å². The smallest absolute Gasteiger partial charge is 0.342 e. The second-order valence-corrected chi connectivity index (χ2v) is 6.75. The number of carbonyl (C=O) groups is 1. The van der Waals surface area contributed by atoms with Crippen LogP contribution >= 0.6 is 0 Å². The summed E-state index contributed by atoms with van der Waals surface area (Å²) >= 11 is 0. The Hall–Kier alpha value is -3.74. The van der Waals surface area contributed by atoms with E-state index >= 15 is 8.78 Å². The lowest BCUT2D eigenvalue weighted by molar-refractivity contribution is -0.148. The lowest BCUT2D eigenvalue weighted by Crippen LogP contribution is -2.43. The fourth-order valence-corrected chi connectivity index (χ4v) is 3.30. The van der Waals surface area contributed by atoms with E-state index < -0.39 is 34.8 Å². The molecule has 0 bridgehead atoms. The SMILES string of the molecule is Cc1nccc2[nH]c(=O)c(C(F)(F)C(=O)NC(C)c3ncc(C#N)cc3F)c(C)c12. The van der Waals surface area contributed by atoms with Crippen LogP contribution in [0.1, 0.15) is 41.0 Å². The van der Waals surface area contributed by atoms with Gasteiger partial charge in [0.25, 0.3) is 11.5 Å². The number of carbonyl (C=O) groups excluding carboxylic acids is 1. The lowest BCUT2D eigenvalue weighted by Gasteiger charge is -2.21. The number of aromatic amines is 1. The number of nitrogens with one attached hydrogen (secondary N) is 2. The minimum Gasteiger partial charge on any atom is -0.342 e. The second kappa shape index (κ2) is 7.59. The minimum absolute atomic E-state index is 0.0533. The summed E-state index contributed by atoms with van der Waals surface area (Å²) < 4.78 is 44.1. The zero-order valence-electron chi connectivity index (χ0n) is 16.2. The Bertz CT molecular complexity index is 1260. The van der Waals surface area contributed by atoms with Gasteiger partial charge in [0, 0.05) is 23.5 Å². The zero-order valence-corrected chi connectivity index (χ0v) is 16.2.